The van der Waals surface area contributed by atoms with Crippen LogP contribution in [0.4, 0.5) is 0 Å². The molecular formula is C32H34Cl3N4O12PS. The fourth-order valence-electron chi connectivity index (χ4n) is 5.06. The fourth-order valence-corrected chi connectivity index (χ4v) is 6.96. The zero-order valence-electron chi connectivity index (χ0n) is 28.0. The van der Waals surface area contributed by atoms with Gasteiger partial charge in [-0.1, -0.05) is 40.7 Å². The molecule has 21 heteroatoms. The van der Waals surface area contributed by atoms with Crippen molar-refractivity contribution in [3.8, 4) is 23.8 Å². The molecule has 53 heavy (non-hydrogen) atoms. The van der Waals surface area contributed by atoms with Gasteiger partial charge in [0.15, 0.2) is 27.2 Å². The smallest absolute Gasteiger partial charge is 0.350 e. The number of nitrogens with one attached hydrogen (secondary N) is 1. The number of sulfone groups is 1. The van der Waals surface area contributed by atoms with E-state index in [0.29, 0.717) is 34.4 Å². The first-order valence-corrected chi connectivity index (χ1v) is 20.4. The maximum atomic E-state index is 12.5. The second-order valence-electron chi connectivity index (χ2n) is 11.6. The number of carbonyl (C=O) groups is 4. The van der Waals surface area contributed by atoms with E-state index in [1.165, 1.54) is 22.9 Å². The molecule has 4 N–H and O–H groups in total. The van der Waals surface area contributed by atoms with E-state index in [4.69, 9.17) is 60.9 Å². The van der Waals surface area contributed by atoms with Gasteiger partial charge in [-0.15, -0.1) is 11.5 Å². The number of Topliss-reactive ketones (excluding diaryl/α,β-unsaturated/α-hetero) is 3. The van der Waals surface area contributed by atoms with Gasteiger partial charge in [0.25, 0.3) is 0 Å². The summed E-state index contributed by atoms with van der Waals surface area (Å²) in [6.45, 7) is 0.320. The second kappa shape index (κ2) is 19.0. The lowest BCUT2D eigenvalue weighted by Gasteiger charge is -2.18. The Hall–Kier alpha value is -3.85. The summed E-state index contributed by atoms with van der Waals surface area (Å²) in [5, 5.41) is 15.0. The minimum Gasteiger partial charge on any atom is -0.480 e. The topological polar surface area (TPSA) is 241 Å². The van der Waals surface area contributed by atoms with Crippen LogP contribution in [0, 0.1) is 18.3 Å². The third-order valence-electron chi connectivity index (χ3n) is 7.49. The molecule has 2 aliphatic rings. The van der Waals surface area contributed by atoms with Crippen molar-refractivity contribution < 1.29 is 51.8 Å². The van der Waals surface area contributed by atoms with Gasteiger partial charge in [0.1, 0.15) is 24.1 Å². The number of rotatable bonds is 10. The Labute approximate surface area is 318 Å². The predicted molar refractivity (Wildman–Crippen MR) is 194 cm³/mol. The molecule has 0 radical (unpaired) electrons. The summed E-state index contributed by atoms with van der Waals surface area (Å²) in [4.78, 5) is 74.5. The average molecular weight is 836 g/mol. The zero-order chi connectivity index (χ0) is 39.7. The summed E-state index contributed by atoms with van der Waals surface area (Å²) < 4.78 is 41.2. The number of fused-ring (bicyclic) bond motifs is 1. The third-order valence-corrected chi connectivity index (χ3v) is 10.1. The zero-order valence-corrected chi connectivity index (χ0v) is 31.9. The lowest BCUT2D eigenvalue weighted by Crippen LogP contribution is -2.35. The summed E-state index contributed by atoms with van der Waals surface area (Å²) in [6, 6.07) is 6.75. The molecule has 16 nitrogen and oxygen atoms in total. The summed E-state index contributed by atoms with van der Waals surface area (Å²) in [6.07, 6.45) is 9.25. The van der Waals surface area contributed by atoms with Crippen LogP contribution in [-0.4, -0.2) is 86.7 Å². The Morgan fingerprint density at radius 1 is 1.02 bits per heavy atom. The summed E-state index contributed by atoms with van der Waals surface area (Å²) in [5.74, 6) is -0.404. The van der Waals surface area contributed by atoms with E-state index in [1.807, 2.05) is 0 Å². The molecule has 3 aromatic rings. The van der Waals surface area contributed by atoms with Crippen molar-refractivity contribution in [3.63, 3.8) is 0 Å². The van der Waals surface area contributed by atoms with E-state index in [0.717, 1.165) is 37.4 Å². The maximum absolute atomic E-state index is 12.5. The highest BCUT2D eigenvalue weighted by molar-refractivity contribution is 7.90. The van der Waals surface area contributed by atoms with Crippen LogP contribution in [0.25, 0.3) is 5.69 Å². The SMILES string of the molecule is C#CCOc1cc(-n2nc3n(c2=O)CCCC3)c(Cl)cc1Cl.CS(=O)(=O)c1ccc(C(=O)C2C(=O)CCCC2=O)c(Cl)c1.O=C(O)CNCP(=O)(O)O. The Kier molecular flexibility index (Phi) is 15.6. The molecule has 2 aromatic carbocycles. The van der Waals surface area contributed by atoms with Gasteiger partial charge < -0.3 is 19.6 Å². The highest BCUT2D eigenvalue weighted by atomic mass is 35.5. The summed E-state index contributed by atoms with van der Waals surface area (Å²) >= 11 is 18.2. The quantitative estimate of drug-likeness (QED) is 0.0992. The lowest BCUT2D eigenvalue weighted by molar-refractivity contribution is -0.136. The lowest BCUT2D eigenvalue weighted by atomic mass is 9.82. The first-order chi connectivity index (χ1) is 24.7. The number of hydrogen-bond donors (Lipinski definition) is 4. The maximum Gasteiger partial charge on any atom is 0.350 e. The van der Waals surface area contributed by atoms with Crippen LogP contribution >= 0.6 is 42.4 Å². The predicted octanol–water partition coefficient (Wildman–Crippen LogP) is 3.35. The van der Waals surface area contributed by atoms with Gasteiger partial charge in [-0.3, -0.25) is 33.6 Å². The van der Waals surface area contributed by atoms with Gasteiger partial charge >= 0.3 is 19.3 Å². The van der Waals surface area contributed by atoms with E-state index in [1.54, 1.807) is 10.6 Å². The molecule has 0 bridgehead atoms. The van der Waals surface area contributed by atoms with Crippen molar-refractivity contribution in [2.45, 2.75) is 50.0 Å². The van der Waals surface area contributed by atoms with Crippen molar-refractivity contribution in [1.82, 2.24) is 19.7 Å². The van der Waals surface area contributed by atoms with Crippen LogP contribution in [-0.2, 0) is 41.8 Å². The number of terminal acetylenes is 1. The molecule has 1 aliphatic heterocycles. The van der Waals surface area contributed by atoms with Crippen molar-refractivity contribution in [2.24, 2.45) is 5.92 Å². The minimum atomic E-state index is -4.10. The van der Waals surface area contributed by atoms with Crippen LogP contribution in [0.15, 0.2) is 40.0 Å². The summed E-state index contributed by atoms with van der Waals surface area (Å²) in [5.41, 5.74) is 0.226. The Morgan fingerprint density at radius 3 is 2.23 bits per heavy atom. The Bertz CT molecular complexity index is 2140. The Morgan fingerprint density at radius 2 is 1.68 bits per heavy atom. The van der Waals surface area contributed by atoms with Crippen molar-refractivity contribution in [2.75, 3.05) is 25.7 Å². The van der Waals surface area contributed by atoms with E-state index in [9.17, 15) is 37.0 Å². The number of nitrogens with zero attached hydrogens (tertiary/aromatic N) is 3. The summed E-state index contributed by atoms with van der Waals surface area (Å²) in [7, 11) is -7.54. The molecule has 5 rings (SSSR count). The normalized spacial score (nSPS) is 14.5. The number of aliphatic carboxylic acids is 1. The molecule has 0 spiro atoms. The molecule has 2 heterocycles. The third kappa shape index (κ3) is 12.3. The molecule has 1 saturated carbocycles. The van der Waals surface area contributed by atoms with Gasteiger partial charge in [0.05, 0.1) is 38.5 Å². The van der Waals surface area contributed by atoms with Gasteiger partial charge in [-0.25, -0.2) is 13.2 Å². The highest BCUT2D eigenvalue weighted by Crippen LogP contribution is 2.33. The monoisotopic (exact) mass is 834 g/mol. The second-order valence-corrected chi connectivity index (χ2v) is 16.5. The molecule has 0 atom stereocenters. The Balaban J connectivity index is 0.000000230. The van der Waals surface area contributed by atoms with Crippen LogP contribution in [0.1, 0.15) is 48.3 Å². The van der Waals surface area contributed by atoms with Crippen LogP contribution < -0.4 is 15.7 Å². The van der Waals surface area contributed by atoms with Crippen LogP contribution in [0.2, 0.25) is 15.1 Å². The van der Waals surface area contributed by atoms with Crippen LogP contribution in [0.5, 0.6) is 5.75 Å². The van der Waals surface area contributed by atoms with Crippen molar-refractivity contribution in [3.05, 3.63) is 67.3 Å². The largest absolute Gasteiger partial charge is 0.480 e. The van der Waals surface area contributed by atoms with Crippen molar-refractivity contribution >= 4 is 75.6 Å². The van der Waals surface area contributed by atoms with Crippen molar-refractivity contribution in [1.29, 1.82) is 0 Å². The number of ketones is 3. The number of carboxylic acids is 1. The molecule has 0 amide bonds. The number of halogens is 3. The van der Waals surface area contributed by atoms with Gasteiger partial charge in [-0.2, -0.15) is 4.68 Å². The number of aromatic nitrogens is 3. The number of hydrogen-bond acceptors (Lipinski definition) is 11. The van der Waals surface area contributed by atoms with Gasteiger partial charge in [-0.05, 0) is 43.5 Å². The number of aryl methyl sites for hydroxylation is 1. The number of benzene rings is 2. The molecule has 1 fully saturated rings. The van der Waals surface area contributed by atoms with Gasteiger partial charge in [0, 0.05) is 43.7 Å². The molecule has 1 aliphatic carbocycles. The molecular weight excluding hydrogens is 802 g/mol. The number of ether oxygens (including phenoxy) is 1. The van der Waals surface area contributed by atoms with Gasteiger partial charge in [0.2, 0.25) is 0 Å². The number of carbonyl (C=O) groups excluding carboxylic acids is 3. The molecule has 1 aromatic heterocycles. The molecule has 0 unspecified atom stereocenters. The van der Waals surface area contributed by atoms with E-state index in [-0.39, 0.29) is 40.6 Å². The van der Waals surface area contributed by atoms with E-state index < -0.39 is 59.5 Å². The number of carboxylic acid groups (broad SMARTS) is 1. The molecule has 286 valence electrons. The first kappa shape index (κ1) is 43.6. The molecule has 0 saturated heterocycles. The fraction of sp³-hybridized carbons (Fsp3) is 0.375. The van der Waals surface area contributed by atoms with E-state index in [2.05, 4.69) is 16.3 Å². The average Bonchev–Trinajstić information content (AvgIpc) is 3.39. The van der Waals surface area contributed by atoms with Crippen LogP contribution in [0.3, 0.4) is 0 Å². The minimum absolute atomic E-state index is 0.00216. The van der Waals surface area contributed by atoms with E-state index >= 15 is 0 Å². The standard InChI is InChI=1S/C15H13Cl2N3O2.C14H13ClO5S.C3H8NO5P/c1-2-7-22-13-9-12(10(16)8-11(13)17)20-15(21)19-6-4-3-5-14(19)18-20;1-21(19,20)8-5-6-9(10(15)7-8)14(18)13-11(16)3-2-4-12(13)17;5-3(6)1-4-2-10(7,8)9/h1,8-9H,3-7H2;5-7,13H,2-4H2,1H3;4H,1-2H2,(H,5,6)(H2,7,8,9). The first-order valence-electron chi connectivity index (χ1n) is 15.6. The highest BCUT2D eigenvalue weighted by Gasteiger charge is 2.37.